The molecule has 11 nitrogen and oxygen atoms in total. The fourth-order valence-electron chi connectivity index (χ4n) is 1.68. The van der Waals surface area contributed by atoms with Gasteiger partial charge in [0.25, 0.3) is 15.8 Å². The zero-order valence-electron chi connectivity index (χ0n) is 14.4. The van der Waals surface area contributed by atoms with E-state index in [4.69, 9.17) is 32.5 Å². The number of rotatable bonds is 4. The van der Waals surface area contributed by atoms with Crippen molar-refractivity contribution in [2.24, 2.45) is 10.8 Å². The fraction of sp³-hybridized carbons (Fsp3) is 0.0667. The maximum Gasteiger partial charge on any atom is 0.294 e. The minimum Gasteiger partial charge on any atom is -0.367 e. The van der Waals surface area contributed by atoms with E-state index in [1.807, 2.05) is 6.92 Å². The molecule has 2 aromatic carbocycles. The van der Waals surface area contributed by atoms with Gasteiger partial charge in [0.2, 0.25) is 5.96 Å². The van der Waals surface area contributed by atoms with Crippen LogP contribution in [-0.2, 0) is 10.1 Å². The van der Waals surface area contributed by atoms with Crippen LogP contribution in [0.3, 0.4) is 0 Å². The van der Waals surface area contributed by atoms with E-state index >= 15 is 0 Å². The SMILES string of the molecule is Cc1ccc(S(=O)(=O)O)cc1.N=C(N)N(O)/N=C/c1cc(Cl)ccc1[N+](=O)[O-]. The normalized spacial score (nSPS) is 10.9. The molecule has 150 valence electrons. The van der Waals surface area contributed by atoms with Crippen LogP contribution in [0.1, 0.15) is 11.1 Å². The molecule has 0 saturated heterocycles. The van der Waals surface area contributed by atoms with Crippen molar-refractivity contribution < 1.29 is 23.1 Å². The Labute approximate surface area is 165 Å². The number of guanidine groups is 1. The molecule has 0 saturated carbocycles. The van der Waals surface area contributed by atoms with Crippen LogP contribution in [-0.4, -0.2) is 40.4 Å². The number of aryl methyl sites for hydroxylation is 1. The van der Waals surface area contributed by atoms with Crippen LogP contribution in [0.15, 0.2) is 52.5 Å². The lowest BCUT2D eigenvalue weighted by atomic mass is 10.2. The molecule has 0 aliphatic heterocycles. The molecule has 0 aliphatic carbocycles. The van der Waals surface area contributed by atoms with E-state index in [-0.39, 0.29) is 26.3 Å². The number of nitro benzene ring substituents is 1. The van der Waals surface area contributed by atoms with Crippen LogP contribution < -0.4 is 5.73 Å². The molecular formula is C15H16ClN5O6S. The number of benzene rings is 2. The van der Waals surface area contributed by atoms with Gasteiger partial charge in [0.1, 0.15) is 0 Å². The number of nitro groups is 1. The molecule has 5 N–H and O–H groups in total. The summed E-state index contributed by atoms with van der Waals surface area (Å²) < 4.78 is 29.6. The number of hydroxylamine groups is 1. The van der Waals surface area contributed by atoms with Gasteiger partial charge in [-0.05, 0) is 31.2 Å². The predicted octanol–water partition coefficient (Wildman–Crippen LogP) is 2.41. The Morgan fingerprint density at radius 3 is 2.36 bits per heavy atom. The summed E-state index contributed by atoms with van der Waals surface area (Å²) in [4.78, 5) is 9.98. The van der Waals surface area contributed by atoms with E-state index in [0.717, 1.165) is 11.8 Å². The van der Waals surface area contributed by atoms with Gasteiger partial charge in [-0.3, -0.25) is 25.3 Å². The van der Waals surface area contributed by atoms with Gasteiger partial charge in [0, 0.05) is 11.1 Å². The smallest absolute Gasteiger partial charge is 0.294 e. The zero-order valence-corrected chi connectivity index (χ0v) is 15.9. The fourth-order valence-corrected chi connectivity index (χ4v) is 2.34. The minimum atomic E-state index is -4.02. The van der Waals surface area contributed by atoms with Crippen LogP contribution in [0.5, 0.6) is 0 Å². The van der Waals surface area contributed by atoms with Crippen LogP contribution in [0, 0.1) is 22.4 Å². The first-order valence-electron chi connectivity index (χ1n) is 7.27. The minimum absolute atomic E-state index is 0.0666. The van der Waals surface area contributed by atoms with E-state index in [1.165, 1.54) is 30.3 Å². The Balaban J connectivity index is 0.000000307. The highest BCUT2D eigenvalue weighted by Gasteiger charge is 2.12. The largest absolute Gasteiger partial charge is 0.367 e. The third-order valence-electron chi connectivity index (χ3n) is 3.03. The summed E-state index contributed by atoms with van der Waals surface area (Å²) in [7, 11) is -4.02. The molecule has 0 unspecified atom stereocenters. The summed E-state index contributed by atoms with van der Waals surface area (Å²) in [6, 6.07) is 9.86. The lowest BCUT2D eigenvalue weighted by Crippen LogP contribution is -2.28. The number of hydrogen-bond acceptors (Lipinski definition) is 7. The summed E-state index contributed by atoms with van der Waals surface area (Å²) in [5.74, 6) is -0.717. The van der Waals surface area contributed by atoms with E-state index in [1.54, 1.807) is 12.1 Å². The average Bonchev–Trinajstić information content (AvgIpc) is 2.59. The number of nitrogens with zero attached hydrogens (tertiary/aromatic N) is 3. The van der Waals surface area contributed by atoms with Crippen LogP contribution in [0.25, 0.3) is 0 Å². The highest BCUT2D eigenvalue weighted by molar-refractivity contribution is 7.85. The molecule has 0 heterocycles. The molecule has 28 heavy (non-hydrogen) atoms. The number of hydrogen-bond donors (Lipinski definition) is 4. The first-order valence-corrected chi connectivity index (χ1v) is 9.08. The topological polar surface area (TPSA) is 183 Å². The molecule has 2 rings (SSSR count). The van der Waals surface area contributed by atoms with Crippen molar-refractivity contribution in [2.75, 3.05) is 0 Å². The third kappa shape index (κ3) is 7.28. The molecule has 0 bridgehead atoms. The van der Waals surface area contributed by atoms with E-state index in [2.05, 4.69) is 5.10 Å². The summed E-state index contributed by atoms with van der Waals surface area (Å²) in [5, 5.41) is 30.2. The number of nitrogens with two attached hydrogens (primary N) is 1. The quantitative estimate of drug-likeness (QED) is 0.187. The summed E-state index contributed by atoms with van der Waals surface area (Å²) in [6.45, 7) is 1.84. The van der Waals surface area contributed by atoms with Gasteiger partial charge in [-0.15, -0.1) is 5.17 Å². The van der Waals surface area contributed by atoms with Gasteiger partial charge < -0.3 is 5.73 Å². The second-order valence-electron chi connectivity index (χ2n) is 5.17. The van der Waals surface area contributed by atoms with Gasteiger partial charge in [-0.2, -0.15) is 13.5 Å². The molecule has 2 aromatic rings. The van der Waals surface area contributed by atoms with E-state index < -0.39 is 21.0 Å². The highest BCUT2D eigenvalue weighted by Crippen LogP contribution is 2.21. The van der Waals surface area contributed by atoms with E-state index in [9.17, 15) is 18.5 Å². The van der Waals surface area contributed by atoms with Crippen molar-refractivity contribution in [3.63, 3.8) is 0 Å². The number of nitrogens with one attached hydrogen (secondary N) is 1. The highest BCUT2D eigenvalue weighted by atomic mass is 35.5. The first-order chi connectivity index (χ1) is 12.9. The second-order valence-corrected chi connectivity index (χ2v) is 7.03. The Bertz CT molecular complexity index is 994. The van der Waals surface area contributed by atoms with Crippen molar-refractivity contribution in [3.05, 3.63) is 68.7 Å². The molecule has 0 spiro atoms. The monoisotopic (exact) mass is 429 g/mol. The molecule has 0 atom stereocenters. The van der Waals surface area contributed by atoms with Gasteiger partial charge >= 0.3 is 0 Å². The van der Waals surface area contributed by atoms with Gasteiger partial charge in [-0.25, -0.2) is 0 Å². The molecule has 0 radical (unpaired) electrons. The summed E-state index contributed by atoms with van der Waals surface area (Å²) >= 11 is 5.67. The predicted molar refractivity (Wildman–Crippen MR) is 102 cm³/mol. The molecule has 0 amide bonds. The Morgan fingerprint density at radius 1 is 1.32 bits per heavy atom. The van der Waals surface area contributed by atoms with Crippen molar-refractivity contribution in [3.8, 4) is 0 Å². The van der Waals surface area contributed by atoms with Crippen LogP contribution >= 0.6 is 11.6 Å². The van der Waals surface area contributed by atoms with Gasteiger partial charge in [0.15, 0.2) is 0 Å². The molecule has 13 heteroatoms. The van der Waals surface area contributed by atoms with Crippen molar-refractivity contribution in [1.29, 1.82) is 5.41 Å². The molecular weight excluding hydrogens is 414 g/mol. The average molecular weight is 430 g/mol. The molecule has 0 fully saturated rings. The van der Waals surface area contributed by atoms with Gasteiger partial charge in [0.05, 0.1) is 21.6 Å². The zero-order chi connectivity index (χ0) is 21.5. The summed E-state index contributed by atoms with van der Waals surface area (Å²) in [5.41, 5.74) is 5.73. The van der Waals surface area contributed by atoms with Crippen LogP contribution in [0.4, 0.5) is 5.69 Å². The number of halogens is 1. The number of hydrazone groups is 1. The van der Waals surface area contributed by atoms with Crippen molar-refractivity contribution in [2.45, 2.75) is 11.8 Å². The maximum absolute atomic E-state index is 10.7. The van der Waals surface area contributed by atoms with Crippen LogP contribution in [0.2, 0.25) is 5.02 Å². The standard InChI is InChI=1S/C8H8ClN5O3.C7H8O3S/c9-6-1-2-7(14(16)17)5(3-6)4-12-13(15)8(10)11;1-6-2-4-7(5-3-6)11(8,9)10/h1-4,15H,(H3,10,11);2-5H,1H3,(H,8,9,10)/b12-4+;. The van der Waals surface area contributed by atoms with Crippen molar-refractivity contribution in [1.82, 2.24) is 5.17 Å². The molecule has 0 aliphatic rings. The Kier molecular flexibility index (Phi) is 8.00. The Hall–Kier alpha value is -3.06. The third-order valence-corrected chi connectivity index (χ3v) is 4.13. The lowest BCUT2D eigenvalue weighted by molar-refractivity contribution is -0.385. The second kappa shape index (κ2) is 9.75. The lowest BCUT2D eigenvalue weighted by Gasteiger charge is -2.05. The Morgan fingerprint density at radius 2 is 1.89 bits per heavy atom. The van der Waals surface area contributed by atoms with E-state index in [0.29, 0.717) is 0 Å². The first kappa shape index (κ1) is 23.0. The molecule has 0 aromatic heterocycles. The van der Waals surface area contributed by atoms with Crippen molar-refractivity contribution >= 4 is 39.6 Å². The summed E-state index contributed by atoms with van der Waals surface area (Å²) in [6.07, 6.45) is 0.978. The van der Waals surface area contributed by atoms with Gasteiger partial charge in [-0.1, -0.05) is 29.3 Å². The maximum atomic E-state index is 10.7.